The Morgan fingerprint density at radius 2 is 1.33 bits per heavy atom. The SMILES string of the molecule is N=c1n(CCCOc2ccc(F)cc2)c2ccccc2n1Cc1ccc(CN2CCN(c3ccccc3Cl)CC2)cc1. The van der Waals surface area contributed by atoms with Crippen LogP contribution in [0.4, 0.5) is 10.1 Å². The van der Waals surface area contributed by atoms with Gasteiger partial charge in [0, 0.05) is 39.3 Å². The number of nitrogens with zero attached hydrogens (tertiary/aromatic N) is 4. The second-order valence-corrected chi connectivity index (χ2v) is 11.1. The molecule has 1 N–H and O–H groups in total. The highest BCUT2D eigenvalue weighted by Gasteiger charge is 2.19. The third kappa shape index (κ3) is 6.37. The number of piperazine rings is 1. The Hall–Kier alpha value is -4.07. The molecule has 0 unspecified atom stereocenters. The van der Waals surface area contributed by atoms with Crippen LogP contribution in [-0.2, 0) is 19.6 Å². The highest BCUT2D eigenvalue weighted by atomic mass is 35.5. The van der Waals surface area contributed by atoms with E-state index in [9.17, 15) is 4.39 Å². The molecule has 1 aromatic heterocycles. The monoisotopic (exact) mass is 583 g/mol. The summed E-state index contributed by atoms with van der Waals surface area (Å²) >= 11 is 6.41. The normalized spacial score (nSPS) is 14.0. The Balaban J connectivity index is 1.07. The first-order valence-corrected chi connectivity index (χ1v) is 14.8. The average molecular weight is 584 g/mol. The van der Waals surface area contributed by atoms with E-state index in [1.807, 2.05) is 34.9 Å². The second-order valence-electron chi connectivity index (χ2n) is 10.7. The molecule has 0 bridgehead atoms. The van der Waals surface area contributed by atoms with Crippen LogP contribution < -0.4 is 15.3 Å². The summed E-state index contributed by atoms with van der Waals surface area (Å²) < 4.78 is 23.0. The molecule has 6 rings (SSSR count). The van der Waals surface area contributed by atoms with Crippen LogP contribution in [0, 0.1) is 11.2 Å². The molecule has 0 spiro atoms. The van der Waals surface area contributed by atoms with Crippen molar-refractivity contribution in [3.05, 3.63) is 125 Å². The van der Waals surface area contributed by atoms with E-state index in [2.05, 4.69) is 56.8 Å². The first kappa shape index (κ1) is 28.1. The Morgan fingerprint density at radius 1 is 0.714 bits per heavy atom. The van der Waals surface area contributed by atoms with E-state index in [1.54, 1.807) is 12.1 Å². The minimum atomic E-state index is -0.275. The molecule has 2 heterocycles. The van der Waals surface area contributed by atoms with Gasteiger partial charge >= 0.3 is 0 Å². The first-order chi connectivity index (χ1) is 20.5. The number of anilines is 1. The number of aromatic nitrogens is 2. The summed E-state index contributed by atoms with van der Waals surface area (Å²) in [4.78, 5) is 4.86. The molecule has 0 saturated carbocycles. The molecule has 0 atom stereocenters. The molecule has 216 valence electrons. The maximum Gasteiger partial charge on any atom is 0.203 e. The lowest BCUT2D eigenvalue weighted by Gasteiger charge is -2.36. The number of halogens is 2. The minimum absolute atomic E-state index is 0.275. The van der Waals surface area contributed by atoms with Gasteiger partial charge in [0.2, 0.25) is 5.62 Å². The van der Waals surface area contributed by atoms with Gasteiger partial charge in [-0.25, -0.2) is 4.39 Å². The summed E-state index contributed by atoms with van der Waals surface area (Å²) in [6.07, 6.45) is 0.739. The number of aryl methyl sites for hydroxylation is 1. The van der Waals surface area contributed by atoms with E-state index in [-0.39, 0.29) is 5.82 Å². The molecule has 0 aliphatic carbocycles. The van der Waals surface area contributed by atoms with Crippen LogP contribution in [0.3, 0.4) is 0 Å². The van der Waals surface area contributed by atoms with Gasteiger partial charge in [-0.1, -0.05) is 60.1 Å². The Morgan fingerprint density at radius 3 is 2.02 bits per heavy atom. The molecular weight excluding hydrogens is 549 g/mol. The van der Waals surface area contributed by atoms with Crippen LogP contribution in [-0.4, -0.2) is 46.8 Å². The summed E-state index contributed by atoms with van der Waals surface area (Å²) in [5, 5.41) is 9.79. The van der Waals surface area contributed by atoms with Gasteiger partial charge in [-0.2, -0.15) is 0 Å². The van der Waals surface area contributed by atoms with E-state index in [0.717, 1.165) is 60.9 Å². The van der Waals surface area contributed by atoms with Crippen molar-refractivity contribution in [1.82, 2.24) is 14.0 Å². The summed E-state index contributed by atoms with van der Waals surface area (Å²) in [5.74, 6) is 0.376. The van der Waals surface area contributed by atoms with Crippen molar-refractivity contribution in [2.75, 3.05) is 37.7 Å². The van der Waals surface area contributed by atoms with Crippen LogP contribution in [0.5, 0.6) is 5.75 Å². The van der Waals surface area contributed by atoms with Gasteiger partial charge in [-0.05, 0) is 66.1 Å². The zero-order chi connectivity index (χ0) is 28.9. The Labute approximate surface area is 250 Å². The van der Waals surface area contributed by atoms with E-state index >= 15 is 0 Å². The van der Waals surface area contributed by atoms with E-state index in [0.29, 0.717) is 31.1 Å². The number of hydrogen-bond acceptors (Lipinski definition) is 4. The summed E-state index contributed by atoms with van der Waals surface area (Å²) in [7, 11) is 0. The largest absolute Gasteiger partial charge is 0.494 e. The fourth-order valence-electron chi connectivity index (χ4n) is 5.67. The van der Waals surface area contributed by atoms with Gasteiger partial charge < -0.3 is 18.8 Å². The van der Waals surface area contributed by atoms with E-state index in [1.165, 1.54) is 23.3 Å². The fraction of sp³-hybridized carbons (Fsp3) is 0.265. The number of imidazole rings is 1. The number of rotatable bonds is 10. The van der Waals surface area contributed by atoms with Crippen LogP contribution in [0.15, 0.2) is 97.1 Å². The van der Waals surface area contributed by atoms with Crippen molar-refractivity contribution in [3.8, 4) is 5.75 Å². The standard InChI is InChI=1S/C34H35ClFN5O/c35-30-6-1-2-7-31(30)39-21-19-38(20-22-39)24-26-10-12-27(13-11-26)25-41-33-9-4-3-8-32(33)40(34(41)37)18-5-23-42-29-16-14-28(36)15-17-29/h1-4,6-17,37H,5,18-25H2. The van der Waals surface area contributed by atoms with Gasteiger partial charge in [-0.15, -0.1) is 0 Å². The minimum Gasteiger partial charge on any atom is -0.494 e. The van der Waals surface area contributed by atoms with Gasteiger partial charge in [-0.3, -0.25) is 10.3 Å². The zero-order valence-electron chi connectivity index (χ0n) is 23.6. The third-order valence-corrected chi connectivity index (χ3v) is 8.24. The lowest BCUT2D eigenvalue weighted by molar-refractivity contribution is 0.250. The van der Waals surface area contributed by atoms with Gasteiger partial charge in [0.15, 0.2) is 0 Å². The third-order valence-electron chi connectivity index (χ3n) is 7.92. The Kier molecular flexibility index (Phi) is 8.58. The van der Waals surface area contributed by atoms with Gasteiger partial charge in [0.1, 0.15) is 11.6 Å². The quantitative estimate of drug-likeness (QED) is 0.190. The van der Waals surface area contributed by atoms with Crippen molar-refractivity contribution >= 4 is 28.3 Å². The molecule has 1 fully saturated rings. The van der Waals surface area contributed by atoms with Crippen LogP contribution in [0.25, 0.3) is 11.0 Å². The molecule has 8 heteroatoms. The zero-order valence-corrected chi connectivity index (χ0v) is 24.3. The van der Waals surface area contributed by atoms with Crippen molar-refractivity contribution in [2.24, 2.45) is 0 Å². The highest BCUT2D eigenvalue weighted by Crippen LogP contribution is 2.26. The number of hydrogen-bond donors (Lipinski definition) is 1. The molecule has 0 amide bonds. The molecule has 1 aliphatic heterocycles. The maximum absolute atomic E-state index is 13.1. The highest BCUT2D eigenvalue weighted by molar-refractivity contribution is 6.33. The predicted molar refractivity (Wildman–Crippen MR) is 167 cm³/mol. The van der Waals surface area contributed by atoms with Crippen LogP contribution >= 0.6 is 11.6 Å². The Bertz CT molecular complexity index is 1690. The molecular formula is C34H35ClFN5O. The van der Waals surface area contributed by atoms with Crippen LogP contribution in [0.2, 0.25) is 5.02 Å². The number of ether oxygens (including phenoxy) is 1. The summed E-state index contributed by atoms with van der Waals surface area (Å²) in [6.45, 7) is 6.64. The number of para-hydroxylation sites is 3. The second kappa shape index (κ2) is 12.8. The molecule has 5 aromatic rings. The molecule has 6 nitrogen and oxygen atoms in total. The smallest absolute Gasteiger partial charge is 0.203 e. The number of nitrogens with one attached hydrogen (secondary N) is 1. The average Bonchev–Trinajstić information content (AvgIpc) is 3.28. The topological polar surface area (TPSA) is 49.4 Å². The van der Waals surface area contributed by atoms with Crippen molar-refractivity contribution in [2.45, 2.75) is 26.1 Å². The lowest BCUT2D eigenvalue weighted by atomic mass is 10.1. The van der Waals surface area contributed by atoms with Crippen molar-refractivity contribution in [3.63, 3.8) is 0 Å². The van der Waals surface area contributed by atoms with Gasteiger partial charge in [0.25, 0.3) is 0 Å². The molecule has 42 heavy (non-hydrogen) atoms. The van der Waals surface area contributed by atoms with E-state index in [4.69, 9.17) is 21.7 Å². The van der Waals surface area contributed by atoms with E-state index < -0.39 is 0 Å². The summed E-state index contributed by atoms with van der Waals surface area (Å²) in [5.41, 5.74) is 6.14. The van der Waals surface area contributed by atoms with Gasteiger partial charge in [0.05, 0.1) is 34.9 Å². The maximum atomic E-state index is 13.1. The lowest BCUT2D eigenvalue weighted by Crippen LogP contribution is -2.46. The first-order valence-electron chi connectivity index (χ1n) is 14.5. The predicted octanol–water partition coefficient (Wildman–Crippen LogP) is 6.55. The molecule has 4 aromatic carbocycles. The molecule has 1 saturated heterocycles. The fourth-order valence-corrected chi connectivity index (χ4v) is 5.93. The van der Waals surface area contributed by atoms with Crippen molar-refractivity contribution in [1.29, 1.82) is 5.41 Å². The van der Waals surface area contributed by atoms with Crippen LogP contribution in [0.1, 0.15) is 17.5 Å². The molecule has 1 aliphatic rings. The number of fused-ring (bicyclic) bond motifs is 1. The summed E-state index contributed by atoms with van der Waals surface area (Å²) in [6, 6.07) is 31.1. The van der Waals surface area contributed by atoms with Crippen molar-refractivity contribution < 1.29 is 9.13 Å². The molecule has 0 radical (unpaired) electrons. The number of benzene rings is 4.